The van der Waals surface area contributed by atoms with Gasteiger partial charge in [0, 0.05) is 13.1 Å². The van der Waals surface area contributed by atoms with Crippen molar-refractivity contribution in [2.24, 2.45) is 0 Å². The summed E-state index contributed by atoms with van der Waals surface area (Å²) in [7, 11) is -3.71. The van der Waals surface area contributed by atoms with Gasteiger partial charge in [0.2, 0.25) is 21.1 Å². The van der Waals surface area contributed by atoms with Crippen molar-refractivity contribution in [3.05, 3.63) is 53.8 Å². The number of amides is 1. The molecule has 34 heavy (non-hydrogen) atoms. The minimum atomic E-state index is -3.71. The summed E-state index contributed by atoms with van der Waals surface area (Å²) in [6.45, 7) is 2.79. The molecule has 2 heterocycles. The fraction of sp³-hybridized carbons (Fsp3) is 0.318. The van der Waals surface area contributed by atoms with Gasteiger partial charge in [-0.2, -0.15) is 4.31 Å². The van der Waals surface area contributed by atoms with Crippen molar-refractivity contribution < 1.29 is 17.6 Å². The molecular formula is C22H24FN5O3S3. The number of nitrogens with zero attached hydrogens (tertiary/aromatic N) is 3. The van der Waals surface area contributed by atoms with E-state index in [1.807, 2.05) is 6.92 Å². The van der Waals surface area contributed by atoms with Gasteiger partial charge in [-0.05, 0) is 49.6 Å². The van der Waals surface area contributed by atoms with Gasteiger partial charge in [0.1, 0.15) is 10.7 Å². The van der Waals surface area contributed by atoms with Crippen LogP contribution < -0.4 is 10.6 Å². The summed E-state index contributed by atoms with van der Waals surface area (Å²) in [4.78, 5) is 12.7. The Balaban J connectivity index is 1.40. The number of hydrogen-bond donors (Lipinski definition) is 2. The zero-order valence-electron chi connectivity index (χ0n) is 18.5. The summed E-state index contributed by atoms with van der Waals surface area (Å²) in [6.07, 6.45) is 2.68. The topological polar surface area (TPSA) is 104 Å². The zero-order valence-corrected chi connectivity index (χ0v) is 20.9. The molecular weight excluding hydrogens is 497 g/mol. The zero-order chi connectivity index (χ0) is 24.1. The summed E-state index contributed by atoms with van der Waals surface area (Å²) in [5.74, 6) is -0.742. The lowest BCUT2D eigenvalue weighted by atomic mass is 10.2. The number of para-hydroxylation sites is 1. The molecule has 4 rings (SSSR count). The van der Waals surface area contributed by atoms with Gasteiger partial charge in [-0.1, -0.05) is 47.7 Å². The number of hydrogen-bond acceptors (Lipinski definition) is 8. The molecule has 0 radical (unpaired) electrons. The molecule has 2 N–H and O–H groups in total. The Morgan fingerprint density at radius 3 is 2.65 bits per heavy atom. The number of nitrogens with one attached hydrogen (secondary N) is 2. The molecule has 1 saturated heterocycles. The molecule has 1 fully saturated rings. The molecule has 180 valence electrons. The highest BCUT2D eigenvalue weighted by atomic mass is 32.2. The molecule has 0 atom stereocenters. The standard InChI is InChI=1S/C22H24FN5O3S3/c1-15-9-10-18(19(13-15)34(30,31)28-11-5-2-6-12-28)24-20(29)14-32-22-27-26-21(33-22)25-17-8-4-3-7-16(17)23/h3-4,7-10,13H,2,5-6,11-12,14H2,1H3,(H,24,29)(H,25,26). The Morgan fingerprint density at radius 1 is 1.12 bits per heavy atom. The SMILES string of the molecule is Cc1ccc(NC(=O)CSc2nnc(Nc3ccccc3F)s2)c(S(=O)(=O)N2CCCCC2)c1. The van der Waals surface area contributed by atoms with Gasteiger partial charge in [0.15, 0.2) is 4.34 Å². The van der Waals surface area contributed by atoms with Crippen molar-refractivity contribution in [3.63, 3.8) is 0 Å². The molecule has 1 aliphatic rings. The van der Waals surface area contributed by atoms with Crippen LogP contribution in [0.15, 0.2) is 51.7 Å². The average Bonchev–Trinajstić information content (AvgIpc) is 3.28. The minimum absolute atomic E-state index is 0.0193. The molecule has 0 spiro atoms. The number of halogens is 1. The minimum Gasteiger partial charge on any atom is -0.328 e. The van der Waals surface area contributed by atoms with Crippen molar-refractivity contribution >= 4 is 55.5 Å². The maximum absolute atomic E-state index is 13.8. The molecule has 0 bridgehead atoms. The van der Waals surface area contributed by atoms with E-state index >= 15 is 0 Å². The van der Waals surface area contributed by atoms with Gasteiger partial charge in [-0.25, -0.2) is 12.8 Å². The van der Waals surface area contributed by atoms with Crippen LogP contribution in [0.25, 0.3) is 0 Å². The normalized spacial score (nSPS) is 14.6. The van der Waals surface area contributed by atoms with E-state index < -0.39 is 15.8 Å². The highest BCUT2D eigenvalue weighted by Crippen LogP contribution is 2.30. The quantitative estimate of drug-likeness (QED) is 0.416. The number of carbonyl (C=O) groups excluding carboxylic acids is 1. The van der Waals surface area contributed by atoms with E-state index in [4.69, 9.17) is 0 Å². The van der Waals surface area contributed by atoms with E-state index in [0.717, 1.165) is 24.8 Å². The lowest BCUT2D eigenvalue weighted by Crippen LogP contribution is -2.36. The van der Waals surface area contributed by atoms with E-state index in [1.165, 1.54) is 33.5 Å². The van der Waals surface area contributed by atoms with E-state index in [2.05, 4.69) is 20.8 Å². The third-order valence-electron chi connectivity index (χ3n) is 5.19. The molecule has 1 amide bonds. The Hall–Kier alpha value is -2.54. The molecule has 1 aromatic heterocycles. The lowest BCUT2D eigenvalue weighted by Gasteiger charge is -2.27. The number of sulfonamides is 1. The van der Waals surface area contributed by atoms with Crippen molar-refractivity contribution in [3.8, 4) is 0 Å². The van der Waals surface area contributed by atoms with Crippen LogP contribution in [0.3, 0.4) is 0 Å². The summed E-state index contributed by atoms with van der Waals surface area (Å²) in [6, 6.07) is 11.2. The average molecular weight is 522 g/mol. The summed E-state index contributed by atoms with van der Waals surface area (Å²) >= 11 is 2.36. The Labute approximate surface area is 206 Å². The van der Waals surface area contributed by atoms with Gasteiger partial charge in [0.25, 0.3) is 0 Å². The van der Waals surface area contributed by atoms with Crippen LogP contribution in [0.2, 0.25) is 0 Å². The number of aryl methyl sites for hydroxylation is 1. The monoisotopic (exact) mass is 521 g/mol. The Kier molecular flexibility index (Phi) is 7.81. The highest BCUT2D eigenvalue weighted by molar-refractivity contribution is 8.01. The maximum atomic E-state index is 13.8. The number of rotatable bonds is 8. The third kappa shape index (κ3) is 5.93. The van der Waals surface area contributed by atoms with Crippen LogP contribution in [0.1, 0.15) is 24.8 Å². The first kappa shape index (κ1) is 24.6. The predicted octanol–water partition coefficient (Wildman–Crippen LogP) is 4.63. The molecule has 0 aliphatic carbocycles. The first-order valence-corrected chi connectivity index (χ1v) is 14.0. The largest absolute Gasteiger partial charge is 0.328 e. The molecule has 0 saturated carbocycles. The number of carbonyl (C=O) groups is 1. The van der Waals surface area contributed by atoms with Gasteiger partial charge in [0.05, 0.1) is 17.1 Å². The predicted molar refractivity (Wildman–Crippen MR) is 133 cm³/mol. The van der Waals surface area contributed by atoms with Gasteiger partial charge in [-0.3, -0.25) is 4.79 Å². The van der Waals surface area contributed by atoms with E-state index in [-0.39, 0.29) is 27.9 Å². The number of thioether (sulfide) groups is 1. The second-order valence-corrected chi connectivity index (χ2v) is 11.9. The molecule has 1 aliphatic heterocycles. The second-order valence-electron chi connectivity index (χ2n) is 7.78. The molecule has 3 aromatic rings. The Morgan fingerprint density at radius 2 is 1.88 bits per heavy atom. The summed E-state index contributed by atoms with van der Waals surface area (Å²) < 4.78 is 42.2. The fourth-order valence-corrected chi connectivity index (χ4v) is 6.81. The molecule has 2 aromatic carbocycles. The fourth-order valence-electron chi connectivity index (χ4n) is 3.50. The number of benzene rings is 2. The van der Waals surface area contributed by atoms with Crippen LogP contribution in [-0.2, 0) is 14.8 Å². The van der Waals surface area contributed by atoms with Crippen molar-refractivity contribution in [2.75, 3.05) is 29.5 Å². The van der Waals surface area contributed by atoms with Crippen LogP contribution in [0, 0.1) is 12.7 Å². The van der Waals surface area contributed by atoms with E-state index in [0.29, 0.717) is 22.6 Å². The van der Waals surface area contributed by atoms with Crippen molar-refractivity contribution in [2.45, 2.75) is 35.4 Å². The van der Waals surface area contributed by atoms with Crippen LogP contribution in [-0.4, -0.2) is 47.7 Å². The summed E-state index contributed by atoms with van der Waals surface area (Å²) in [5, 5.41) is 14.0. The summed E-state index contributed by atoms with van der Waals surface area (Å²) in [5.41, 5.74) is 1.35. The van der Waals surface area contributed by atoms with Crippen LogP contribution in [0.4, 0.5) is 20.9 Å². The van der Waals surface area contributed by atoms with Gasteiger partial charge in [-0.15, -0.1) is 10.2 Å². The maximum Gasteiger partial charge on any atom is 0.245 e. The molecule has 8 nitrogen and oxygen atoms in total. The first-order chi connectivity index (χ1) is 16.3. The molecule has 12 heteroatoms. The van der Waals surface area contributed by atoms with Crippen LogP contribution >= 0.6 is 23.1 Å². The van der Waals surface area contributed by atoms with E-state index in [1.54, 1.807) is 36.4 Å². The Bertz CT molecular complexity index is 1280. The first-order valence-electron chi connectivity index (χ1n) is 10.7. The highest BCUT2D eigenvalue weighted by Gasteiger charge is 2.29. The third-order valence-corrected chi connectivity index (χ3v) is 9.10. The van der Waals surface area contributed by atoms with Crippen molar-refractivity contribution in [1.82, 2.24) is 14.5 Å². The number of anilines is 3. The number of piperidine rings is 1. The smallest absolute Gasteiger partial charge is 0.245 e. The van der Waals surface area contributed by atoms with Crippen molar-refractivity contribution in [1.29, 1.82) is 0 Å². The van der Waals surface area contributed by atoms with E-state index in [9.17, 15) is 17.6 Å². The molecule has 0 unspecified atom stereocenters. The number of aromatic nitrogens is 2. The second kappa shape index (κ2) is 10.8. The van der Waals surface area contributed by atoms with Gasteiger partial charge < -0.3 is 10.6 Å². The van der Waals surface area contributed by atoms with Gasteiger partial charge >= 0.3 is 0 Å². The lowest BCUT2D eigenvalue weighted by molar-refractivity contribution is -0.113. The van der Waals surface area contributed by atoms with Crippen LogP contribution in [0.5, 0.6) is 0 Å².